The van der Waals surface area contributed by atoms with Crippen molar-refractivity contribution in [3.8, 4) is 0 Å². The van der Waals surface area contributed by atoms with Crippen molar-refractivity contribution in [3.05, 3.63) is 59.2 Å². The molecule has 7 heteroatoms. The molecule has 1 N–H and O–H groups in total. The molecular formula is C20H22N2O3S2. The van der Waals surface area contributed by atoms with Crippen molar-refractivity contribution in [2.24, 2.45) is 0 Å². The summed E-state index contributed by atoms with van der Waals surface area (Å²) in [4.78, 5) is 16.6. The summed E-state index contributed by atoms with van der Waals surface area (Å²) in [6, 6.07) is 13.2. The van der Waals surface area contributed by atoms with Gasteiger partial charge in [-0.25, -0.2) is 13.4 Å². The van der Waals surface area contributed by atoms with Crippen LogP contribution >= 0.6 is 11.3 Å². The predicted molar refractivity (Wildman–Crippen MR) is 111 cm³/mol. The molecule has 1 aromatic heterocycles. The zero-order valence-corrected chi connectivity index (χ0v) is 17.0. The molecule has 0 atom stereocenters. The van der Waals surface area contributed by atoms with Gasteiger partial charge in [0.2, 0.25) is 5.91 Å². The van der Waals surface area contributed by atoms with Crippen LogP contribution in [0.25, 0.3) is 10.2 Å². The number of nitrogens with one attached hydrogen (secondary N) is 1. The molecule has 0 saturated heterocycles. The van der Waals surface area contributed by atoms with Gasteiger partial charge in [-0.05, 0) is 43.0 Å². The Morgan fingerprint density at radius 2 is 1.89 bits per heavy atom. The monoisotopic (exact) mass is 402 g/mol. The molecule has 0 bridgehead atoms. The third-order valence-electron chi connectivity index (χ3n) is 4.16. The van der Waals surface area contributed by atoms with Crippen molar-refractivity contribution < 1.29 is 13.2 Å². The van der Waals surface area contributed by atoms with Crippen molar-refractivity contribution in [3.63, 3.8) is 0 Å². The number of rotatable bonds is 7. The van der Waals surface area contributed by atoms with E-state index in [1.807, 2.05) is 38.1 Å². The number of carbonyl (C=O) groups is 1. The van der Waals surface area contributed by atoms with E-state index in [4.69, 9.17) is 0 Å². The molecule has 27 heavy (non-hydrogen) atoms. The molecule has 0 spiro atoms. The van der Waals surface area contributed by atoms with E-state index in [-0.39, 0.29) is 23.8 Å². The number of aryl methyl sites for hydroxylation is 2. The van der Waals surface area contributed by atoms with Crippen molar-refractivity contribution in [1.29, 1.82) is 0 Å². The molecule has 0 aliphatic carbocycles. The van der Waals surface area contributed by atoms with Crippen LogP contribution in [0.4, 0.5) is 5.13 Å². The first-order valence-corrected chi connectivity index (χ1v) is 11.4. The van der Waals surface area contributed by atoms with Crippen LogP contribution in [-0.4, -0.2) is 25.1 Å². The fourth-order valence-electron chi connectivity index (χ4n) is 2.96. The zero-order chi connectivity index (χ0) is 19.4. The fraction of sp³-hybridized carbons (Fsp3) is 0.300. The second-order valence-corrected chi connectivity index (χ2v) is 9.89. The van der Waals surface area contributed by atoms with Crippen molar-refractivity contribution in [1.82, 2.24) is 4.98 Å². The third-order valence-corrected chi connectivity index (χ3v) is 6.77. The molecule has 0 radical (unpaired) electrons. The second kappa shape index (κ2) is 8.19. The van der Waals surface area contributed by atoms with Crippen LogP contribution in [0, 0.1) is 13.8 Å². The first kappa shape index (κ1) is 19.5. The molecule has 0 fully saturated rings. The summed E-state index contributed by atoms with van der Waals surface area (Å²) in [7, 11) is -3.23. The number of amides is 1. The molecule has 0 saturated carbocycles. The number of benzene rings is 2. The first-order chi connectivity index (χ1) is 12.8. The minimum Gasteiger partial charge on any atom is -0.302 e. The number of carbonyl (C=O) groups excluding carboxylic acids is 1. The number of sulfone groups is 1. The van der Waals surface area contributed by atoms with E-state index in [2.05, 4.69) is 16.4 Å². The van der Waals surface area contributed by atoms with Gasteiger partial charge in [0.05, 0.1) is 21.7 Å². The van der Waals surface area contributed by atoms with Gasteiger partial charge >= 0.3 is 0 Å². The number of fused-ring (bicyclic) bond motifs is 1. The Kier molecular flexibility index (Phi) is 5.92. The minimum atomic E-state index is -3.23. The Hall–Kier alpha value is -2.25. The van der Waals surface area contributed by atoms with Gasteiger partial charge in [0.1, 0.15) is 0 Å². The molecule has 3 aromatic rings. The van der Waals surface area contributed by atoms with E-state index in [9.17, 15) is 13.2 Å². The lowest BCUT2D eigenvalue weighted by Gasteiger charge is -2.05. The van der Waals surface area contributed by atoms with Gasteiger partial charge in [-0.15, -0.1) is 0 Å². The van der Waals surface area contributed by atoms with E-state index < -0.39 is 9.84 Å². The topological polar surface area (TPSA) is 76.1 Å². The fourth-order valence-corrected chi connectivity index (χ4v) is 5.45. The van der Waals surface area contributed by atoms with Gasteiger partial charge < -0.3 is 5.32 Å². The third kappa shape index (κ3) is 5.37. The Morgan fingerprint density at radius 3 is 2.63 bits per heavy atom. The van der Waals surface area contributed by atoms with Crippen LogP contribution in [0.15, 0.2) is 42.5 Å². The maximum absolute atomic E-state index is 12.2. The summed E-state index contributed by atoms with van der Waals surface area (Å²) in [5.41, 5.74) is 3.90. The molecule has 1 heterocycles. The summed E-state index contributed by atoms with van der Waals surface area (Å²) in [5.74, 6) is -0.210. The molecule has 2 aromatic carbocycles. The van der Waals surface area contributed by atoms with Crippen LogP contribution < -0.4 is 5.32 Å². The molecule has 0 aliphatic rings. The highest BCUT2D eigenvalue weighted by atomic mass is 32.2. The standard InChI is InChI=1S/C20H22N2O3S2/c1-14-11-15(2)19-17(12-14)26-20(22-19)21-18(23)9-6-10-27(24,25)13-16-7-4-3-5-8-16/h3-5,7-8,11-12H,6,9-10,13H2,1-2H3,(H,21,22,23). The molecular weight excluding hydrogens is 380 g/mol. The first-order valence-electron chi connectivity index (χ1n) is 8.74. The average Bonchev–Trinajstić information content (AvgIpc) is 2.97. The van der Waals surface area contributed by atoms with Crippen LogP contribution in [0.1, 0.15) is 29.5 Å². The van der Waals surface area contributed by atoms with Crippen LogP contribution in [0.3, 0.4) is 0 Å². The predicted octanol–water partition coefficient (Wildman–Crippen LogP) is 4.25. The normalized spacial score (nSPS) is 11.6. The van der Waals surface area contributed by atoms with Crippen LogP contribution in [0.2, 0.25) is 0 Å². The van der Waals surface area contributed by atoms with Gasteiger partial charge in [0.25, 0.3) is 0 Å². The lowest BCUT2D eigenvalue weighted by molar-refractivity contribution is -0.116. The van der Waals surface area contributed by atoms with Crippen LogP contribution in [0.5, 0.6) is 0 Å². The van der Waals surface area contributed by atoms with E-state index in [1.165, 1.54) is 11.3 Å². The summed E-state index contributed by atoms with van der Waals surface area (Å²) in [6.45, 7) is 4.03. The lowest BCUT2D eigenvalue weighted by Crippen LogP contribution is -2.15. The maximum atomic E-state index is 12.2. The van der Waals surface area contributed by atoms with Gasteiger partial charge in [-0.2, -0.15) is 0 Å². The second-order valence-electron chi connectivity index (χ2n) is 6.68. The highest BCUT2D eigenvalue weighted by Crippen LogP contribution is 2.29. The lowest BCUT2D eigenvalue weighted by atomic mass is 10.1. The molecule has 142 valence electrons. The highest BCUT2D eigenvalue weighted by Gasteiger charge is 2.14. The number of hydrogen-bond acceptors (Lipinski definition) is 5. The van der Waals surface area contributed by atoms with E-state index in [0.717, 1.165) is 26.9 Å². The van der Waals surface area contributed by atoms with Crippen LogP contribution in [-0.2, 0) is 20.4 Å². The van der Waals surface area contributed by atoms with Crippen molar-refractivity contribution in [2.45, 2.75) is 32.4 Å². The zero-order valence-electron chi connectivity index (χ0n) is 15.4. The number of nitrogens with zero attached hydrogens (tertiary/aromatic N) is 1. The number of hydrogen-bond donors (Lipinski definition) is 1. The van der Waals surface area contributed by atoms with Crippen molar-refractivity contribution >= 4 is 42.4 Å². The SMILES string of the molecule is Cc1cc(C)c2nc(NC(=O)CCCS(=O)(=O)Cc3ccccc3)sc2c1. The van der Waals surface area contributed by atoms with Gasteiger partial charge in [0, 0.05) is 6.42 Å². The largest absolute Gasteiger partial charge is 0.302 e. The maximum Gasteiger partial charge on any atom is 0.226 e. The van der Waals surface area contributed by atoms with Gasteiger partial charge in [0.15, 0.2) is 15.0 Å². The Balaban J connectivity index is 1.53. The Bertz CT molecular complexity index is 1060. The summed E-state index contributed by atoms with van der Waals surface area (Å²) < 4.78 is 25.4. The summed E-state index contributed by atoms with van der Waals surface area (Å²) in [5, 5.41) is 3.34. The summed E-state index contributed by atoms with van der Waals surface area (Å²) in [6.07, 6.45) is 0.450. The number of thiazole rings is 1. The van der Waals surface area contributed by atoms with E-state index in [1.54, 1.807) is 12.1 Å². The molecule has 0 unspecified atom stereocenters. The Labute approximate surface area is 163 Å². The number of aromatic nitrogens is 1. The quantitative estimate of drug-likeness (QED) is 0.641. The average molecular weight is 403 g/mol. The highest BCUT2D eigenvalue weighted by molar-refractivity contribution is 7.90. The smallest absolute Gasteiger partial charge is 0.226 e. The molecule has 1 amide bonds. The minimum absolute atomic E-state index is 0.00591. The van der Waals surface area contributed by atoms with Gasteiger partial charge in [-0.3, -0.25) is 4.79 Å². The number of anilines is 1. The molecule has 0 aliphatic heterocycles. The van der Waals surface area contributed by atoms with E-state index in [0.29, 0.717) is 11.6 Å². The molecule has 3 rings (SSSR count). The van der Waals surface area contributed by atoms with Gasteiger partial charge in [-0.1, -0.05) is 47.7 Å². The summed E-state index contributed by atoms with van der Waals surface area (Å²) >= 11 is 1.43. The van der Waals surface area contributed by atoms with Crippen molar-refractivity contribution in [2.75, 3.05) is 11.1 Å². The van der Waals surface area contributed by atoms with E-state index >= 15 is 0 Å². The molecule has 5 nitrogen and oxygen atoms in total. The Morgan fingerprint density at radius 1 is 1.15 bits per heavy atom.